The number of carbonyl (C=O) groups is 1. The standard InChI is InChI=1S/C42H77NO2/c1-5-7-9-11-13-15-17-19-21-22-24-26-28-30-32-34-38-41(45-42(44)39-35-36-40-43(3)4)37-33-31-29-27-25-23-20-18-16-14-12-10-8-6-2/h13,15-16,18,41H,5-12,14,17,20,22-40H2,1-4H3/b15-13-,18-16+. The first-order chi connectivity index (χ1) is 22.1. The lowest BCUT2D eigenvalue weighted by molar-refractivity contribution is -0.150. The second kappa shape index (κ2) is 36.9. The van der Waals surface area contributed by atoms with Gasteiger partial charge in [0.05, 0.1) is 0 Å². The van der Waals surface area contributed by atoms with Crippen LogP contribution in [0.1, 0.15) is 200 Å². The Bertz CT molecular complexity index is 729. The zero-order valence-corrected chi connectivity index (χ0v) is 30.9. The molecule has 0 aliphatic carbocycles. The summed E-state index contributed by atoms with van der Waals surface area (Å²) in [6.45, 7) is 5.56. The second-order valence-electron chi connectivity index (χ2n) is 13.6. The van der Waals surface area contributed by atoms with Gasteiger partial charge in [-0.25, -0.2) is 0 Å². The molecule has 0 saturated carbocycles. The Hall–Kier alpha value is -1.53. The number of esters is 1. The number of hydrogen-bond donors (Lipinski definition) is 0. The van der Waals surface area contributed by atoms with E-state index < -0.39 is 0 Å². The van der Waals surface area contributed by atoms with E-state index in [0.29, 0.717) is 6.42 Å². The molecule has 3 heteroatoms. The van der Waals surface area contributed by atoms with E-state index in [9.17, 15) is 4.79 Å². The third-order valence-electron chi connectivity index (χ3n) is 8.64. The molecule has 1 unspecified atom stereocenters. The molecule has 1 atom stereocenters. The predicted molar refractivity (Wildman–Crippen MR) is 200 cm³/mol. The zero-order chi connectivity index (χ0) is 32.9. The summed E-state index contributed by atoms with van der Waals surface area (Å²) in [5.41, 5.74) is 0. The molecule has 0 N–H and O–H groups in total. The third-order valence-corrected chi connectivity index (χ3v) is 8.64. The minimum atomic E-state index is 0.0188. The van der Waals surface area contributed by atoms with Gasteiger partial charge in [-0.2, -0.15) is 0 Å². The van der Waals surface area contributed by atoms with Crippen LogP contribution < -0.4 is 0 Å². The Morgan fingerprint density at radius 2 is 1.07 bits per heavy atom. The Kier molecular flexibility index (Phi) is 35.7. The molecule has 0 rings (SSSR count). The number of nitrogens with zero attached hydrogens (tertiary/aromatic N) is 1. The zero-order valence-electron chi connectivity index (χ0n) is 30.9. The van der Waals surface area contributed by atoms with Gasteiger partial charge in [-0.05, 0) is 104 Å². The van der Waals surface area contributed by atoms with E-state index in [4.69, 9.17) is 4.74 Å². The van der Waals surface area contributed by atoms with Gasteiger partial charge in [0.1, 0.15) is 6.10 Å². The molecule has 0 aliphatic heterocycles. The molecule has 0 amide bonds. The topological polar surface area (TPSA) is 29.5 Å². The van der Waals surface area contributed by atoms with Crippen molar-refractivity contribution in [3.8, 4) is 11.8 Å². The van der Waals surface area contributed by atoms with E-state index in [1.54, 1.807) is 0 Å². The number of rotatable bonds is 33. The van der Waals surface area contributed by atoms with Crippen LogP contribution in [-0.4, -0.2) is 37.6 Å². The van der Waals surface area contributed by atoms with Crippen LogP contribution in [0.25, 0.3) is 0 Å². The molecule has 0 fully saturated rings. The van der Waals surface area contributed by atoms with Gasteiger partial charge < -0.3 is 9.64 Å². The highest BCUT2D eigenvalue weighted by molar-refractivity contribution is 5.69. The summed E-state index contributed by atoms with van der Waals surface area (Å²) in [5.74, 6) is 6.66. The van der Waals surface area contributed by atoms with Gasteiger partial charge in [-0.1, -0.05) is 128 Å². The molecule has 0 heterocycles. The Morgan fingerprint density at radius 1 is 0.578 bits per heavy atom. The average Bonchev–Trinajstić information content (AvgIpc) is 3.02. The molecule has 0 aliphatic rings. The molecular weight excluding hydrogens is 550 g/mol. The van der Waals surface area contributed by atoms with Crippen molar-refractivity contribution < 1.29 is 9.53 Å². The van der Waals surface area contributed by atoms with Crippen LogP contribution in [0.15, 0.2) is 24.3 Å². The van der Waals surface area contributed by atoms with Crippen molar-refractivity contribution in [3.63, 3.8) is 0 Å². The van der Waals surface area contributed by atoms with E-state index in [1.807, 2.05) is 0 Å². The number of ether oxygens (including phenoxy) is 1. The molecule has 45 heavy (non-hydrogen) atoms. The van der Waals surface area contributed by atoms with Crippen molar-refractivity contribution in [3.05, 3.63) is 24.3 Å². The summed E-state index contributed by atoms with van der Waals surface area (Å²) in [7, 11) is 4.18. The third kappa shape index (κ3) is 36.8. The fourth-order valence-electron chi connectivity index (χ4n) is 5.70. The van der Waals surface area contributed by atoms with Crippen molar-refractivity contribution in [2.45, 2.75) is 206 Å². The van der Waals surface area contributed by atoms with Gasteiger partial charge in [-0.3, -0.25) is 4.79 Å². The van der Waals surface area contributed by atoms with E-state index in [-0.39, 0.29) is 12.1 Å². The van der Waals surface area contributed by atoms with Crippen molar-refractivity contribution in [2.24, 2.45) is 0 Å². The van der Waals surface area contributed by atoms with Crippen molar-refractivity contribution >= 4 is 5.97 Å². The molecule has 0 aromatic carbocycles. The highest BCUT2D eigenvalue weighted by Gasteiger charge is 2.14. The molecular formula is C42H77NO2. The van der Waals surface area contributed by atoms with Crippen molar-refractivity contribution in [1.82, 2.24) is 4.90 Å². The van der Waals surface area contributed by atoms with Gasteiger partial charge in [0.25, 0.3) is 0 Å². The summed E-state index contributed by atoms with van der Waals surface area (Å²) in [6.07, 6.45) is 44.3. The molecule has 0 bridgehead atoms. The first kappa shape index (κ1) is 43.5. The fourth-order valence-corrected chi connectivity index (χ4v) is 5.70. The summed E-state index contributed by atoms with van der Waals surface area (Å²) >= 11 is 0. The quantitative estimate of drug-likeness (QED) is 0.0314. The summed E-state index contributed by atoms with van der Waals surface area (Å²) in [5, 5.41) is 0. The molecule has 0 aromatic heterocycles. The van der Waals surface area contributed by atoms with Crippen molar-refractivity contribution in [2.75, 3.05) is 20.6 Å². The summed E-state index contributed by atoms with van der Waals surface area (Å²) in [6, 6.07) is 0. The summed E-state index contributed by atoms with van der Waals surface area (Å²) in [4.78, 5) is 14.7. The Morgan fingerprint density at radius 3 is 1.67 bits per heavy atom. The monoisotopic (exact) mass is 628 g/mol. The predicted octanol–water partition coefficient (Wildman–Crippen LogP) is 12.9. The average molecular weight is 628 g/mol. The lowest BCUT2D eigenvalue weighted by Crippen LogP contribution is -2.19. The largest absolute Gasteiger partial charge is 0.462 e. The summed E-state index contributed by atoms with van der Waals surface area (Å²) < 4.78 is 6.02. The van der Waals surface area contributed by atoms with E-state index in [1.165, 1.54) is 141 Å². The van der Waals surface area contributed by atoms with Gasteiger partial charge in [0.15, 0.2) is 0 Å². The lowest BCUT2D eigenvalue weighted by atomic mass is 10.0. The van der Waals surface area contributed by atoms with Crippen LogP contribution in [0.2, 0.25) is 0 Å². The molecule has 0 saturated heterocycles. The minimum absolute atomic E-state index is 0.0188. The molecule has 262 valence electrons. The van der Waals surface area contributed by atoms with Gasteiger partial charge in [0, 0.05) is 19.3 Å². The Labute approximate surface area is 282 Å². The molecule has 0 spiro atoms. The highest BCUT2D eigenvalue weighted by atomic mass is 16.5. The van der Waals surface area contributed by atoms with E-state index in [2.05, 4.69) is 69.0 Å². The van der Waals surface area contributed by atoms with Crippen molar-refractivity contribution in [1.29, 1.82) is 0 Å². The number of allylic oxidation sites excluding steroid dienone is 4. The van der Waals surface area contributed by atoms with E-state index >= 15 is 0 Å². The van der Waals surface area contributed by atoms with Gasteiger partial charge >= 0.3 is 5.97 Å². The van der Waals surface area contributed by atoms with Crippen LogP contribution in [0.3, 0.4) is 0 Å². The smallest absolute Gasteiger partial charge is 0.306 e. The second-order valence-corrected chi connectivity index (χ2v) is 13.6. The first-order valence-electron chi connectivity index (χ1n) is 19.7. The maximum Gasteiger partial charge on any atom is 0.306 e. The normalized spacial score (nSPS) is 12.3. The van der Waals surface area contributed by atoms with Gasteiger partial charge in [0.2, 0.25) is 0 Å². The molecule has 3 nitrogen and oxygen atoms in total. The van der Waals surface area contributed by atoms with Crippen LogP contribution in [0, 0.1) is 11.8 Å². The van der Waals surface area contributed by atoms with Crippen LogP contribution >= 0.6 is 0 Å². The number of carbonyl (C=O) groups excluding carboxylic acids is 1. The SMILES string of the molecule is CCCCC/C=C\CC#CCCCCCCCCC(CCCCCCCC/C=C/CCCCCC)OC(=O)CCCCN(C)C. The lowest BCUT2D eigenvalue weighted by Gasteiger charge is -2.18. The molecule has 0 radical (unpaired) electrons. The number of hydrogen-bond acceptors (Lipinski definition) is 3. The van der Waals surface area contributed by atoms with E-state index in [0.717, 1.165) is 45.1 Å². The van der Waals surface area contributed by atoms with Crippen LogP contribution in [0.5, 0.6) is 0 Å². The van der Waals surface area contributed by atoms with Crippen LogP contribution in [0.4, 0.5) is 0 Å². The highest BCUT2D eigenvalue weighted by Crippen LogP contribution is 2.18. The maximum atomic E-state index is 12.6. The molecule has 0 aromatic rings. The minimum Gasteiger partial charge on any atom is -0.462 e. The Balaban J connectivity index is 4.06. The number of unbranched alkanes of at least 4 members (excludes halogenated alkanes) is 20. The van der Waals surface area contributed by atoms with Gasteiger partial charge in [-0.15, -0.1) is 5.92 Å². The maximum absolute atomic E-state index is 12.6. The first-order valence-corrected chi connectivity index (χ1v) is 19.7. The fraction of sp³-hybridized carbons (Fsp3) is 0.833. The van der Waals surface area contributed by atoms with Crippen LogP contribution in [-0.2, 0) is 9.53 Å².